The molecule has 74 valence electrons. The van der Waals surface area contributed by atoms with Crippen LogP contribution in [0.3, 0.4) is 0 Å². The molecule has 1 aliphatic rings. The first-order chi connectivity index (χ1) is 6.38. The summed E-state index contributed by atoms with van der Waals surface area (Å²) in [4.78, 5) is 4.45. The Morgan fingerprint density at radius 1 is 1.54 bits per heavy atom. The summed E-state index contributed by atoms with van der Waals surface area (Å²) in [7, 11) is 1.72. The van der Waals surface area contributed by atoms with Crippen LogP contribution in [0, 0.1) is 5.92 Å². The van der Waals surface area contributed by atoms with Crippen LogP contribution in [0.5, 0.6) is 0 Å². The van der Waals surface area contributed by atoms with Gasteiger partial charge in [0, 0.05) is 12.5 Å². The number of allylic oxidation sites excluding steroid dienone is 1. The predicted molar refractivity (Wildman–Crippen MR) is 56.1 cm³/mol. The minimum absolute atomic E-state index is 0.475. The van der Waals surface area contributed by atoms with Gasteiger partial charge in [-0.3, -0.25) is 4.99 Å². The standard InChI is InChI=1S/C11H19NO/c1-3-7-10-8-5-4-6-9-12-11(10)13-2/h3,10H,1,4-9H2,2H3. The van der Waals surface area contributed by atoms with E-state index in [9.17, 15) is 0 Å². The Labute approximate surface area is 80.7 Å². The fourth-order valence-corrected chi connectivity index (χ4v) is 1.77. The zero-order chi connectivity index (χ0) is 9.52. The first-order valence-corrected chi connectivity index (χ1v) is 5.07. The second-order valence-electron chi connectivity index (χ2n) is 3.49. The smallest absolute Gasteiger partial charge is 0.186 e. The van der Waals surface area contributed by atoms with Gasteiger partial charge in [0.25, 0.3) is 0 Å². The van der Waals surface area contributed by atoms with Crippen LogP contribution >= 0.6 is 0 Å². The molecule has 0 spiro atoms. The number of methoxy groups -OCH3 is 1. The van der Waals surface area contributed by atoms with Gasteiger partial charge in [-0.15, -0.1) is 6.58 Å². The number of rotatable bonds is 2. The van der Waals surface area contributed by atoms with Crippen LogP contribution in [0.1, 0.15) is 32.1 Å². The molecule has 1 atom stereocenters. The van der Waals surface area contributed by atoms with Crippen molar-refractivity contribution in [1.82, 2.24) is 0 Å². The van der Waals surface area contributed by atoms with Crippen LogP contribution in [-0.2, 0) is 4.74 Å². The maximum atomic E-state index is 5.29. The second-order valence-corrected chi connectivity index (χ2v) is 3.49. The average Bonchev–Trinajstić information content (AvgIpc) is 2.10. The monoisotopic (exact) mass is 181 g/mol. The van der Waals surface area contributed by atoms with Gasteiger partial charge >= 0.3 is 0 Å². The molecular formula is C11H19NO. The topological polar surface area (TPSA) is 21.6 Å². The summed E-state index contributed by atoms with van der Waals surface area (Å²) in [6.07, 6.45) is 7.94. The van der Waals surface area contributed by atoms with E-state index in [2.05, 4.69) is 11.6 Å². The minimum atomic E-state index is 0.475. The second kappa shape index (κ2) is 5.79. The summed E-state index contributed by atoms with van der Waals surface area (Å²) >= 11 is 0. The molecule has 13 heavy (non-hydrogen) atoms. The van der Waals surface area contributed by atoms with Crippen molar-refractivity contribution in [2.75, 3.05) is 13.7 Å². The van der Waals surface area contributed by atoms with Crippen LogP contribution in [0.2, 0.25) is 0 Å². The lowest BCUT2D eigenvalue weighted by Crippen LogP contribution is -2.18. The number of aliphatic imine (C=N–C) groups is 1. The average molecular weight is 181 g/mol. The van der Waals surface area contributed by atoms with E-state index in [0.717, 1.165) is 18.9 Å². The van der Waals surface area contributed by atoms with Gasteiger partial charge in [0.05, 0.1) is 7.11 Å². The molecule has 0 aromatic heterocycles. The third-order valence-electron chi connectivity index (χ3n) is 2.49. The molecule has 2 heteroatoms. The van der Waals surface area contributed by atoms with Crippen LogP contribution in [0.4, 0.5) is 0 Å². The van der Waals surface area contributed by atoms with E-state index in [1.807, 2.05) is 6.08 Å². The van der Waals surface area contributed by atoms with Gasteiger partial charge < -0.3 is 4.74 Å². The van der Waals surface area contributed by atoms with Crippen molar-refractivity contribution in [3.05, 3.63) is 12.7 Å². The van der Waals surface area contributed by atoms with Gasteiger partial charge in [-0.2, -0.15) is 0 Å². The maximum Gasteiger partial charge on any atom is 0.186 e. The van der Waals surface area contributed by atoms with Crippen molar-refractivity contribution >= 4 is 5.90 Å². The zero-order valence-corrected chi connectivity index (χ0v) is 8.46. The highest BCUT2D eigenvalue weighted by Gasteiger charge is 2.16. The molecule has 0 aromatic carbocycles. The summed E-state index contributed by atoms with van der Waals surface area (Å²) in [5, 5.41) is 0. The van der Waals surface area contributed by atoms with Crippen molar-refractivity contribution in [3.63, 3.8) is 0 Å². The molecule has 1 rings (SSSR count). The molecule has 0 amide bonds. The van der Waals surface area contributed by atoms with E-state index < -0.39 is 0 Å². The van der Waals surface area contributed by atoms with Crippen LogP contribution < -0.4 is 0 Å². The molecule has 0 aromatic rings. The van der Waals surface area contributed by atoms with E-state index in [-0.39, 0.29) is 0 Å². The third kappa shape index (κ3) is 3.21. The summed E-state index contributed by atoms with van der Waals surface area (Å²) in [5.41, 5.74) is 0. The SMILES string of the molecule is C=CCC1CCCCCN=C1OC. The number of ether oxygens (including phenoxy) is 1. The number of nitrogens with zero attached hydrogens (tertiary/aromatic N) is 1. The van der Waals surface area contributed by atoms with Crippen LogP contribution in [0.15, 0.2) is 17.6 Å². The van der Waals surface area contributed by atoms with E-state index in [4.69, 9.17) is 4.74 Å². The van der Waals surface area contributed by atoms with Gasteiger partial charge in [-0.05, 0) is 19.3 Å². The molecule has 2 nitrogen and oxygen atoms in total. The van der Waals surface area contributed by atoms with Gasteiger partial charge in [-0.1, -0.05) is 18.9 Å². The van der Waals surface area contributed by atoms with E-state index in [0.29, 0.717) is 5.92 Å². The Bertz CT molecular complexity index is 187. The highest BCUT2D eigenvalue weighted by molar-refractivity contribution is 5.78. The molecule has 0 bridgehead atoms. The maximum absolute atomic E-state index is 5.29. The van der Waals surface area contributed by atoms with Crippen molar-refractivity contribution in [1.29, 1.82) is 0 Å². The van der Waals surface area contributed by atoms with E-state index in [1.165, 1.54) is 25.7 Å². The summed E-state index contributed by atoms with van der Waals surface area (Å²) < 4.78 is 5.29. The summed E-state index contributed by atoms with van der Waals surface area (Å²) in [5.74, 6) is 1.40. The van der Waals surface area contributed by atoms with Gasteiger partial charge in [-0.25, -0.2) is 0 Å². The van der Waals surface area contributed by atoms with Crippen LogP contribution in [-0.4, -0.2) is 19.6 Å². The quantitative estimate of drug-likeness (QED) is 0.600. The Morgan fingerprint density at radius 2 is 2.38 bits per heavy atom. The summed E-state index contributed by atoms with van der Waals surface area (Å²) in [6, 6.07) is 0. The Kier molecular flexibility index (Phi) is 4.58. The number of hydrogen-bond donors (Lipinski definition) is 0. The molecule has 0 saturated heterocycles. The molecule has 0 aliphatic carbocycles. The largest absolute Gasteiger partial charge is 0.484 e. The lowest BCUT2D eigenvalue weighted by atomic mass is 9.96. The van der Waals surface area contributed by atoms with Crippen LogP contribution in [0.25, 0.3) is 0 Å². The lowest BCUT2D eigenvalue weighted by molar-refractivity contribution is 0.348. The molecule has 1 aliphatic heterocycles. The fourth-order valence-electron chi connectivity index (χ4n) is 1.77. The Morgan fingerprint density at radius 3 is 3.08 bits per heavy atom. The highest BCUT2D eigenvalue weighted by Crippen LogP contribution is 2.19. The van der Waals surface area contributed by atoms with Crippen molar-refractivity contribution in [2.24, 2.45) is 10.9 Å². The lowest BCUT2D eigenvalue weighted by Gasteiger charge is -2.18. The minimum Gasteiger partial charge on any atom is -0.484 e. The molecule has 0 saturated carbocycles. The van der Waals surface area contributed by atoms with E-state index >= 15 is 0 Å². The highest BCUT2D eigenvalue weighted by atomic mass is 16.5. The zero-order valence-electron chi connectivity index (χ0n) is 8.46. The fraction of sp³-hybridized carbons (Fsp3) is 0.727. The van der Waals surface area contributed by atoms with E-state index in [1.54, 1.807) is 7.11 Å². The Hall–Kier alpha value is -0.790. The molecule has 0 fully saturated rings. The normalized spacial score (nSPS) is 24.1. The Balaban J connectivity index is 2.60. The molecule has 1 heterocycles. The molecular weight excluding hydrogens is 162 g/mol. The third-order valence-corrected chi connectivity index (χ3v) is 2.49. The molecule has 1 unspecified atom stereocenters. The van der Waals surface area contributed by atoms with Gasteiger partial charge in [0.15, 0.2) is 5.90 Å². The van der Waals surface area contributed by atoms with Crippen molar-refractivity contribution in [3.8, 4) is 0 Å². The molecule has 0 radical (unpaired) electrons. The molecule has 0 N–H and O–H groups in total. The first-order valence-electron chi connectivity index (χ1n) is 5.07. The predicted octanol–water partition coefficient (Wildman–Crippen LogP) is 2.80. The van der Waals surface area contributed by atoms with Crippen molar-refractivity contribution in [2.45, 2.75) is 32.1 Å². The number of hydrogen-bond acceptors (Lipinski definition) is 2. The van der Waals surface area contributed by atoms with Gasteiger partial charge in [0.2, 0.25) is 0 Å². The first kappa shape index (κ1) is 10.3. The summed E-state index contributed by atoms with van der Waals surface area (Å²) in [6.45, 7) is 4.69. The van der Waals surface area contributed by atoms with Crippen molar-refractivity contribution < 1.29 is 4.74 Å². The van der Waals surface area contributed by atoms with Gasteiger partial charge in [0.1, 0.15) is 0 Å².